The Morgan fingerprint density at radius 2 is 2.50 bits per heavy atom. The number of halogens is 1. The van der Waals surface area contributed by atoms with Gasteiger partial charge in [-0.3, -0.25) is 4.68 Å². The quantitative estimate of drug-likeness (QED) is 0.905. The first-order valence-corrected chi connectivity index (χ1v) is 6.19. The summed E-state index contributed by atoms with van der Waals surface area (Å²) in [5, 5.41) is 4.24. The lowest BCUT2D eigenvalue weighted by atomic mass is 10.1. The highest BCUT2D eigenvalue weighted by Crippen LogP contribution is 2.26. The Kier molecular flexibility index (Phi) is 3.96. The summed E-state index contributed by atoms with van der Waals surface area (Å²) in [6.45, 7) is 4.63. The molecular formula is C10H16BrN3O2. The van der Waals surface area contributed by atoms with E-state index in [2.05, 4.69) is 21.0 Å². The molecule has 0 amide bonds. The van der Waals surface area contributed by atoms with Crippen LogP contribution in [-0.2, 0) is 16.0 Å². The van der Waals surface area contributed by atoms with Crippen LogP contribution < -0.4 is 5.73 Å². The van der Waals surface area contributed by atoms with Crippen LogP contribution in [0.4, 0.5) is 0 Å². The fraction of sp³-hybridized carbons (Fsp3) is 0.700. The number of nitrogens with two attached hydrogens (primary N) is 1. The summed E-state index contributed by atoms with van der Waals surface area (Å²) in [7, 11) is 0. The van der Waals surface area contributed by atoms with Crippen LogP contribution in [0.3, 0.4) is 0 Å². The number of hydrogen-bond donors (Lipinski definition) is 1. The van der Waals surface area contributed by atoms with Gasteiger partial charge in [-0.05, 0) is 22.9 Å². The molecule has 1 saturated heterocycles. The van der Waals surface area contributed by atoms with Crippen molar-refractivity contribution in [3.05, 3.63) is 16.4 Å². The molecule has 0 saturated carbocycles. The van der Waals surface area contributed by atoms with Crippen LogP contribution in [0.1, 0.15) is 18.7 Å². The number of aryl methyl sites for hydroxylation is 1. The summed E-state index contributed by atoms with van der Waals surface area (Å²) in [6.07, 6.45) is 1.68. The lowest BCUT2D eigenvalue weighted by Gasteiger charge is -2.28. The Balaban J connectivity index is 2.18. The second-order valence-electron chi connectivity index (χ2n) is 3.70. The molecule has 16 heavy (non-hydrogen) atoms. The van der Waals surface area contributed by atoms with Crippen molar-refractivity contribution in [1.82, 2.24) is 9.78 Å². The molecule has 90 valence electrons. The van der Waals surface area contributed by atoms with E-state index in [0.29, 0.717) is 19.8 Å². The molecule has 1 aliphatic heterocycles. The lowest BCUT2D eigenvalue weighted by Crippen LogP contribution is -2.39. The molecule has 0 spiro atoms. The highest BCUT2D eigenvalue weighted by atomic mass is 79.9. The number of aromatic nitrogens is 2. The van der Waals surface area contributed by atoms with Crippen LogP contribution in [0.15, 0.2) is 10.7 Å². The maximum absolute atomic E-state index is 6.20. The molecule has 1 aliphatic rings. The molecule has 0 bridgehead atoms. The van der Waals surface area contributed by atoms with Crippen LogP contribution in [-0.4, -0.2) is 35.7 Å². The predicted octanol–water partition coefficient (Wildman–Crippen LogP) is 1.08. The molecule has 6 heteroatoms. The third-order valence-electron chi connectivity index (χ3n) is 2.69. The van der Waals surface area contributed by atoms with Crippen LogP contribution in [0.25, 0.3) is 0 Å². The van der Waals surface area contributed by atoms with E-state index in [1.165, 1.54) is 0 Å². The topological polar surface area (TPSA) is 62.3 Å². The second kappa shape index (κ2) is 5.27. The van der Waals surface area contributed by atoms with Gasteiger partial charge in [0.2, 0.25) is 0 Å². The molecule has 2 atom stereocenters. The van der Waals surface area contributed by atoms with E-state index in [4.69, 9.17) is 15.2 Å². The molecule has 1 aromatic heterocycles. The van der Waals surface area contributed by atoms with E-state index in [9.17, 15) is 0 Å². The van der Waals surface area contributed by atoms with Crippen molar-refractivity contribution in [1.29, 1.82) is 0 Å². The van der Waals surface area contributed by atoms with Gasteiger partial charge in [0.25, 0.3) is 0 Å². The van der Waals surface area contributed by atoms with Gasteiger partial charge in [0.05, 0.1) is 42.2 Å². The van der Waals surface area contributed by atoms with Crippen molar-refractivity contribution < 1.29 is 9.47 Å². The van der Waals surface area contributed by atoms with Gasteiger partial charge in [-0.25, -0.2) is 0 Å². The van der Waals surface area contributed by atoms with Crippen molar-refractivity contribution >= 4 is 15.9 Å². The Morgan fingerprint density at radius 1 is 1.69 bits per heavy atom. The summed E-state index contributed by atoms with van der Waals surface area (Å²) in [6, 6.07) is -0.211. The Hall–Kier alpha value is -0.430. The van der Waals surface area contributed by atoms with Crippen LogP contribution in [0.5, 0.6) is 0 Å². The molecule has 2 N–H and O–H groups in total. The molecule has 0 aromatic carbocycles. The molecule has 2 rings (SSSR count). The highest BCUT2D eigenvalue weighted by Gasteiger charge is 2.27. The van der Waals surface area contributed by atoms with E-state index in [-0.39, 0.29) is 12.1 Å². The average Bonchev–Trinajstić information content (AvgIpc) is 2.70. The highest BCUT2D eigenvalue weighted by molar-refractivity contribution is 9.10. The summed E-state index contributed by atoms with van der Waals surface area (Å²) >= 11 is 3.47. The van der Waals surface area contributed by atoms with Gasteiger partial charge in [0, 0.05) is 6.54 Å². The van der Waals surface area contributed by atoms with Crippen LogP contribution in [0, 0.1) is 0 Å². The molecule has 2 unspecified atom stereocenters. The predicted molar refractivity (Wildman–Crippen MR) is 63.1 cm³/mol. The zero-order valence-corrected chi connectivity index (χ0v) is 10.8. The standard InChI is InChI=1S/C10H16BrN3O2/c1-2-14-10(7(11)5-13-14)9(12)8-6-15-3-4-16-8/h5,8-9H,2-4,6,12H2,1H3. The maximum Gasteiger partial charge on any atom is 0.102 e. The van der Waals surface area contributed by atoms with Crippen molar-refractivity contribution in [2.24, 2.45) is 5.73 Å². The Morgan fingerprint density at radius 3 is 3.12 bits per heavy atom. The first kappa shape index (κ1) is 12.0. The minimum Gasteiger partial charge on any atom is -0.376 e. The zero-order valence-electron chi connectivity index (χ0n) is 9.23. The van der Waals surface area contributed by atoms with E-state index in [1.807, 2.05) is 11.6 Å². The molecule has 5 nitrogen and oxygen atoms in total. The van der Waals surface area contributed by atoms with Crippen LogP contribution in [0.2, 0.25) is 0 Å². The zero-order chi connectivity index (χ0) is 11.5. The number of ether oxygens (including phenoxy) is 2. The molecule has 2 heterocycles. The maximum atomic E-state index is 6.20. The monoisotopic (exact) mass is 289 g/mol. The SMILES string of the molecule is CCn1ncc(Br)c1C(N)C1COCCO1. The van der Waals surface area contributed by atoms with E-state index in [0.717, 1.165) is 16.7 Å². The largest absolute Gasteiger partial charge is 0.376 e. The van der Waals surface area contributed by atoms with Crippen molar-refractivity contribution in [3.8, 4) is 0 Å². The fourth-order valence-corrected chi connectivity index (χ4v) is 2.41. The third-order valence-corrected chi connectivity index (χ3v) is 3.30. The number of hydrogen-bond acceptors (Lipinski definition) is 4. The van der Waals surface area contributed by atoms with Crippen molar-refractivity contribution in [2.75, 3.05) is 19.8 Å². The fourth-order valence-electron chi connectivity index (χ4n) is 1.84. The van der Waals surface area contributed by atoms with Gasteiger partial charge >= 0.3 is 0 Å². The molecule has 0 aliphatic carbocycles. The second-order valence-corrected chi connectivity index (χ2v) is 4.56. The molecular weight excluding hydrogens is 274 g/mol. The third kappa shape index (κ3) is 2.29. The Bertz CT molecular complexity index is 350. The van der Waals surface area contributed by atoms with Crippen molar-refractivity contribution in [2.45, 2.75) is 25.6 Å². The van der Waals surface area contributed by atoms with Gasteiger partial charge in [-0.15, -0.1) is 0 Å². The minimum atomic E-state index is -0.211. The van der Waals surface area contributed by atoms with E-state index >= 15 is 0 Å². The summed E-state index contributed by atoms with van der Waals surface area (Å²) in [5.74, 6) is 0. The molecule has 1 fully saturated rings. The Labute approximate surface area is 103 Å². The lowest BCUT2D eigenvalue weighted by molar-refractivity contribution is -0.0984. The normalized spacial score (nSPS) is 23.3. The van der Waals surface area contributed by atoms with Gasteiger partial charge in [-0.1, -0.05) is 0 Å². The summed E-state index contributed by atoms with van der Waals surface area (Å²) < 4.78 is 13.8. The number of rotatable bonds is 3. The number of nitrogens with zero attached hydrogens (tertiary/aromatic N) is 2. The van der Waals surface area contributed by atoms with Gasteiger partial charge < -0.3 is 15.2 Å². The van der Waals surface area contributed by atoms with Crippen LogP contribution >= 0.6 is 15.9 Å². The van der Waals surface area contributed by atoms with Gasteiger partial charge in [-0.2, -0.15) is 5.10 Å². The minimum absolute atomic E-state index is 0.0907. The van der Waals surface area contributed by atoms with Gasteiger partial charge in [0.1, 0.15) is 6.10 Å². The average molecular weight is 290 g/mol. The van der Waals surface area contributed by atoms with Crippen molar-refractivity contribution in [3.63, 3.8) is 0 Å². The summed E-state index contributed by atoms with van der Waals surface area (Å²) in [4.78, 5) is 0. The smallest absolute Gasteiger partial charge is 0.102 e. The van der Waals surface area contributed by atoms with E-state index < -0.39 is 0 Å². The van der Waals surface area contributed by atoms with E-state index in [1.54, 1.807) is 6.20 Å². The molecule has 0 radical (unpaired) electrons. The first-order valence-electron chi connectivity index (χ1n) is 5.40. The summed E-state index contributed by atoms with van der Waals surface area (Å²) in [5.41, 5.74) is 7.17. The molecule has 1 aromatic rings. The first-order chi connectivity index (χ1) is 7.74. The van der Waals surface area contributed by atoms with Gasteiger partial charge in [0.15, 0.2) is 0 Å².